The lowest BCUT2D eigenvalue weighted by molar-refractivity contribution is 0.473. The van der Waals surface area contributed by atoms with Gasteiger partial charge >= 0.3 is 0 Å². The first-order valence-electron chi connectivity index (χ1n) is 7.83. The van der Waals surface area contributed by atoms with Crippen molar-refractivity contribution in [3.63, 3.8) is 0 Å². The van der Waals surface area contributed by atoms with E-state index < -0.39 is 0 Å². The molecule has 120 valence electrons. The molecule has 1 N–H and O–H groups in total. The molecular formula is C20H22FNO. The van der Waals surface area contributed by atoms with Gasteiger partial charge in [-0.15, -0.1) is 0 Å². The molecule has 2 nitrogen and oxygen atoms in total. The molecule has 0 fully saturated rings. The number of rotatable bonds is 6. The Morgan fingerprint density at radius 3 is 2.52 bits per heavy atom. The zero-order valence-electron chi connectivity index (χ0n) is 13.7. The highest BCUT2D eigenvalue weighted by Crippen LogP contribution is 2.40. The summed E-state index contributed by atoms with van der Waals surface area (Å²) in [6.45, 7) is 11.3. The van der Waals surface area contributed by atoms with E-state index in [1.807, 2.05) is 26.0 Å². The molecule has 0 unspecified atom stereocenters. The Labute approximate surface area is 137 Å². The Morgan fingerprint density at radius 2 is 1.91 bits per heavy atom. The van der Waals surface area contributed by atoms with Crippen LogP contribution in [-0.4, -0.2) is 11.8 Å². The van der Waals surface area contributed by atoms with E-state index in [-0.39, 0.29) is 11.6 Å². The van der Waals surface area contributed by atoms with Crippen molar-refractivity contribution in [3.8, 4) is 16.9 Å². The molecule has 0 amide bonds. The number of phenolic OH excluding ortho intramolecular Hbond substituents is 1. The molecule has 2 aromatic carbocycles. The van der Waals surface area contributed by atoms with Crippen molar-refractivity contribution in [1.82, 2.24) is 0 Å². The summed E-state index contributed by atoms with van der Waals surface area (Å²) >= 11 is 0. The van der Waals surface area contributed by atoms with Gasteiger partial charge in [-0.2, -0.15) is 0 Å². The van der Waals surface area contributed by atoms with Gasteiger partial charge in [-0.3, -0.25) is 4.99 Å². The zero-order valence-corrected chi connectivity index (χ0v) is 13.7. The summed E-state index contributed by atoms with van der Waals surface area (Å²) in [4.78, 5) is 3.84. The predicted molar refractivity (Wildman–Crippen MR) is 95.5 cm³/mol. The Bertz CT molecular complexity index is 750. The maximum absolute atomic E-state index is 15.0. The molecule has 23 heavy (non-hydrogen) atoms. The van der Waals surface area contributed by atoms with Crippen LogP contribution in [0, 0.1) is 5.82 Å². The molecule has 0 spiro atoms. The second-order valence-electron chi connectivity index (χ2n) is 5.48. The predicted octanol–water partition coefficient (Wildman–Crippen LogP) is 5.38. The molecule has 0 aliphatic heterocycles. The van der Waals surface area contributed by atoms with Crippen LogP contribution in [0.1, 0.15) is 37.0 Å². The fraction of sp³-hybridized carbons (Fsp3) is 0.250. The fourth-order valence-corrected chi connectivity index (χ4v) is 2.84. The molecule has 2 rings (SSSR count). The highest BCUT2D eigenvalue weighted by molar-refractivity contribution is 5.87. The number of benzene rings is 2. The van der Waals surface area contributed by atoms with E-state index in [0.29, 0.717) is 40.8 Å². The summed E-state index contributed by atoms with van der Waals surface area (Å²) in [5, 5.41) is 10.3. The number of aryl methyl sites for hydroxylation is 2. The van der Waals surface area contributed by atoms with Crippen molar-refractivity contribution in [2.24, 2.45) is 4.99 Å². The van der Waals surface area contributed by atoms with Crippen LogP contribution in [0.2, 0.25) is 0 Å². The number of halogens is 1. The number of aromatic hydroxyl groups is 1. The lowest BCUT2D eigenvalue weighted by Crippen LogP contribution is -1.99. The van der Waals surface area contributed by atoms with E-state index >= 15 is 0 Å². The highest BCUT2D eigenvalue weighted by Gasteiger charge is 2.20. The molecule has 0 atom stereocenters. The summed E-state index contributed by atoms with van der Waals surface area (Å²) in [5.74, 6) is -0.206. The largest absolute Gasteiger partial charge is 0.507 e. The summed E-state index contributed by atoms with van der Waals surface area (Å²) < 4.78 is 15.0. The van der Waals surface area contributed by atoms with Gasteiger partial charge in [0, 0.05) is 16.7 Å². The maximum atomic E-state index is 15.0. The number of phenols is 1. The van der Waals surface area contributed by atoms with Crippen LogP contribution in [-0.2, 0) is 12.8 Å². The van der Waals surface area contributed by atoms with Crippen LogP contribution < -0.4 is 0 Å². The molecule has 0 saturated carbocycles. The Hall–Kier alpha value is -2.42. The van der Waals surface area contributed by atoms with Crippen LogP contribution in [0.15, 0.2) is 41.9 Å². The summed E-state index contributed by atoms with van der Waals surface area (Å²) in [5.41, 5.74) is 3.54. The first-order valence-corrected chi connectivity index (χ1v) is 7.83. The summed E-state index contributed by atoms with van der Waals surface area (Å²) in [7, 11) is 0. The average Bonchev–Trinajstić information content (AvgIpc) is 2.56. The molecule has 0 aliphatic rings. The van der Waals surface area contributed by atoms with Crippen LogP contribution in [0.3, 0.4) is 0 Å². The Kier molecular flexibility index (Phi) is 5.32. The van der Waals surface area contributed by atoms with E-state index in [4.69, 9.17) is 0 Å². The average molecular weight is 311 g/mol. The van der Waals surface area contributed by atoms with E-state index in [1.165, 1.54) is 0 Å². The van der Waals surface area contributed by atoms with Crippen molar-refractivity contribution in [3.05, 3.63) is 59.4 Å². The third-order valence-electron chi connectivity index (χ3n) is 4.00. The topological polar surface area (TPSA) is 32.6 Å². The van der Waals surface area contributed by atoms with Crippen molar-refractivity contribution in [1.29, 1.82) is 0 Å². The minimum absolute atomic E-state index is 0.0369. The van der Waals surface area contributed by atoms with E-state index in [2.05, 4.69) is 18.3 Å². The summed E-state index contributed by atoms with van der Waals surface area (Å²) in [6.07, 6.45) is 2.26. The third kappa shape index (κ3) is 3.19. The molecule has 0 aromatic heterocycles. The molecule has 0 saturated heterocycles. The minimum atomic E-state index is -0.243. The number of aliphatic imine (C=N–C) groups is 1. The van der Waals surface area contributed by atoms with Gasteiger partial charge in [0.05, 0.1) is 5.70 Å². The van der Waals surface area contributed by atoms with Gasteiger partial charge in [0.25, 0.3) is 0 Å². The number of hydrogen-bond acceptors (Lipinski definition) is 2. The van der Waals surface area contributed by atoms with Gasteiger partial charge in [0.1, 0.15) is 11.6 Å². The minimum Gasteiger partial charge on any atom is -0.507 e. The monoisotopic (exact) mass is 311 g/mol. The zero-order chi connectivity index (χ0) is 17.0. The van der Waals surface area contributed by atoms with Crippen LogP contribution >= 0.6 is 0 Å². The van der Waals surface area contributed by atoms with E-state index in [1.54, 1.807) is 18.2 Å². The Morgan fingerprint density at radius 1 is 1.17 bits per heavy atom. The van der Waals surface area contributed by atoms with Crippen LogP contribution in [0.25, 0.3) is 16.8 Å². The second-order valence-corrected chi connectivity index (χ2v) is 5.48. The maximum Gasteiger partial charge on any atom is 0.134 e. The standard InChI is InChI=1S/C20H22FNO/c1-5-8-15-9-7-10-16(20(15)21)19-14(6-2)11-12-17(23)18(19)13(3)22-4/h7,9-12,23H,3-6,8H2,1-2H3. The molecular weight excluding hydrogens is 289 g/mol. The summed E-state index contributed by atoms with van der Waals surface area (Å²) in [6, 6.07) is 8.80. The lowest BCUT2D eigenvalue weighted by atomic mass is 9.89. The van der Waals surface area contributed by atoms with E-state index in [9.17, 15) is 9.50 Å². The highest BCUT2D eigenvalue weighted by atomic mass is 19.1. The lowest BCUT2D eigenvalue weighted by Gasteiger charge is -2.17. The fourth-order valence-electron chi connectivity index (χ4n) is 2.84. The quantitative estimate of drug-likeness (QED) is 0.713. The van der Waals surface area contributed by atoms with Gasteiger partial charge in [0.15, 0.2) is 0 Å². The molecule has 0 bridgehead atoms. The van der Waals surface area contributed by atoms with Crippen molar-refractivity contribution in [2.45, 2.75) is 33.1 Å². The van der Waals surface area contributed by atoms with Crippen LogP contribution in [0.5, 0.6) is 5.75 Å². The molecule has 0 radical (unpaired) electrons. The SMILES string of the molecule is C=NC(=C)c1c(O)ccc(CC)c1-c1cccc(CCC)c1F. The van der Waals surface area contributed by atoms with Crippen LogP contribution in [0.4, 0.5) is 4.39 Å². The molecule has 0 heterocycles. The van der Waals surface area contributed by atoms with Gasteiger partial charge in [0.2, 0.25) is 0 Å². The first kappa shape index (κ1) is 16.9. The van der Waals surface area contributed by atoms with Crippen molar-refractivity contribution < 1.29 is 9.50 Å². The van der Waals surface area contributed by atoms with Gasteiger partial charge in [-0.1, -0.05) is 51.1 Å². The van der Waals surface area contributed by atoms with Crippen molar-refractivity contribution in [2.75, 3.05) is 0 Å². The normalized spacial score (nSPS) is 10.6. The van der Waals surface area contributed by atoms with Gasteiger partial charge < -0.3 is 5.11 Å². The van der Waals surface area contributed by atoms with Crippen molar-refractivity contribution >= 4 is 12.4 Å². The number of hydrogen-bond donors (Lipinski definition) is 1. The van der Waals surface area contributed by atoms with Gasteiger partial charge in [-0.05, 0) is 36.8 Å². The van der Waals surface area contributed by atoms with E-state index in [0.717, 1.165) is 12.0 Å². The molecule has 2 aromatic rings. The molecule has 0 aliphatic carbocycles. The molecule has 3 heteroatoms. The number of nitrogens with zero attached hydrogens (tertiary/aromatic N) is 1. The smallest absolute Gasteiger partial charge is 0.134 e. The third-order valence-corrected chi connectivity index (χ3v) is 4.00. The second kappa shape index (κ2) is 7.23. The van der Waals surface area contributed by atoms with Gasteiger partial charge in [-0.25, -0.2) is 4.39 Å². The Balaban J connectivity index is 2.81. The first-order chi connectivity index (χ1) is 11.0.